The largest absolute Gasteiger partial charge is 0.507 e. The van der Waals surface area contributed by atoms with Crippen molar-refractivity contribution in [2.45, 2.75) is 0 Å². The second-order valence-electron chi connectivity index (χ2n) is 6.46. The van der Waals surface area contributed by atoms with Crippen molar-refractivity contribution in [1.29, 1.82) is 0 Å². The zero-order valence-electron chi connectivity index (χ0n) is 14.5. The van der Waals surface area contributed by atoms with Crippen LogP contribution in [0.2, 0.25) is 0 Å². The van der Waals surface area contributed by atoms with Crippen molar-refractivity contribution < 1.29 is 5.11 Å². The molecule has 0 aliphatic rings. The van der Waals surface area contributed by atoms with Gasteiger partial charge in [-0.15, -0.1) is 0 Å². The molecule has 27 heavy (non-hydrogen) atoms. The molecule has 3 nitrogen and oxygen atoms in total. The van der Waals surface area contributed by atoms with E-state index < -0.39 is 0 Å². The lowest BCUT2D eigenvalue weighted by atomic mass is 9.91. The molecule has 5 aromatic rings. The zero-order valence-corrected chi connectivity index (χ0v) is 14.5. The number of phenols is 1. The smallest absolute Gasteiger partial charge is 0.124 e. The Labute approximate surface area is 156 Å². The van der Waals surface area contributed by atoms with Gasteiger partial charge >= 0.3 is 0 Å². The Bertz CT molecular complexity index is 1280. The molecule has 0 saturated heterocycles. The summed E-state index contributed by atoms with van der Waals surface area (Å²) in [7, 11) is 0. The van der Waals surface area contributed by atoms with Gasteiger partial charge in [0.15, 0.2) is 0 Å². The first-order valence-corrected chi connectivity index (χ1v) is 8.83. The molecular weight excluding hydrogens is 332 g/mol. The van der Waals surface area contributed by atoms with Crippen LogP contribution in [0.25, 0.3) is 44.1 Å². The van der Waals surface area contributed by atoms with Crippen molar-refractivity contribution in [1.82, 2.24) is 9.97 Å². The van der Waals surface area contributed by atoms with Gasteiger partial charge in [-0.2, -0.15) is 0 Å². The summed E-state index contributed by atoms with van der Waals surface area (Å²) in [6, 6.07) is 25.7. The minimum atomic E-state index is 0.235. The first-order valence-electron chi connectivity index (χ1n) is 8.83. The molecule has 0 aliphatic heterocycles. The minimum absolute atomic E-state index is 0.235. The number of pyridine rings is 2. The summed E-state index contributed by atoms with van der Waals surface area (Å²) in [4.78, 5) is 9.16. The number of phenolic OH excluding ortho intramolecular Hbond substituents is 1. The van der Waals surface area contributed by atoms with Crippen LogP contribution < -0.4 is 0 Å². The van der Waals surface area contributed by atoms with Crippen molar-refractivity contribution >= 4 is 21.8 Å². The molecule has 0 aliphatic carbocycles. The van der Waals surface area contributed by atoms with Crippen LogP contribution in [0.1, 0.15) is 0 Å². The second kappa shape index (κ2) is 6.22. The number of rotatable bonds is 2. The number of hydrogen-bond acceptors (Lipinski definition) is 3. The number of aromatic nitrogens is 2. The first kappa shape index (κ1) is 15.5. The van der Waals surface area contributed by atoms with Crippen molar-refractivity contribution in [3.8, 4) is 28.0 Å². The van der Waals surface area contributed by atoms with Gasteiger partial charge in [0, 0.05) is 39.9 Å². The highest BCUT2D eigenvalue weighted by Crippen LogP contribution is 2.42. The van der Waals surface area contributed by atoms with Gasteiger partial charge in [-0.1, -0.05) is 60.7 Å². The fourth-order valence-corrected chi connectivity index (χ4v) is 3.68. The van der Waals surface area contributed by atoms with Crippen LogP contribution in [-0.2, 0) is 0 Å². The maximum Gasteiger partial charge on any atom is 0.124 e. The molecule has 3 heteroatoms. The lowest BCUT2D eigenvalue weighted by Crippen LogP contribution is -1.91. The van der Waals surface area contributed by atoms with E-state index in [4.69, 9.17) is 0 Å². The molecule has 1 N–H and O–H groups in total. The third kappa shape index (κ3) is 2.52. The van der Waals surface area contributed by atoms with E-state index in [0.717, 1.165) is 44.1 Å². The van der Waals surface area contributed by atoms with E-state index in [2.05, 4.69) is 9.97 Å². The van der Waals surface area contributed by atoms with Crippen molar-refractivity contribution in [2.75, 3.05) is 0 Å². The number of fused-ring (bicyclic) bond motifs is 2. The summed E-state index contributed by atoms with van der Waals surface area (Å²) in [5, 5.41) is 12.9. The highest BCUT2D eigenvalue weighted by atomic mass is 16.3. The van der Waals surface area contributed by atoms with E-state index in [0.29, 0.717) is 0 Å². The van der Waals surface area contributed by atoms with Gasteiger partial charge < -0.3 is 5.11 Å². The van der Waals surface area contributed by atoms with Crippen LogP contribution in [0.4, 0.5) is 0 Å². The lowest BCUT2D eigenvalue weighted by molar-refractivity contribution is 0.477. The van der Waals surface area contributed by atoms with E-state index in [9.17, 15) is 5.11 Å². The molecule has 128 valence electrons. The van der Waals surface area contributed by atoms with E-state index in [1.165, 1.54) is 0 Å². The normalized spacial score (nSPS) is 11.1. The highest BCUT2D eigenvalue weighted by Gasteiger charge is 2.17. The molecule has 2 heterocycles. The van der Waals surface area contributed by atoms with Crippen molar-refractivity contribution in [2.24, 2.45) is 0 Å². The van der Waals surface area contributed by atoms with Gasteiger partial charge in [-0.25, -0.2) is 0 Å². The Hall–Kier alpha value is -3.72. The molecule has 5 rings (SSSR count). The standard InChI is InChI=1S/C24H16N2O/c27-21-13-3-10-18(19-11-1-6-16-8-4-14-25-23(16)19)22(21)20-12-2-7-17-9-5-15-26-24(17)20/h1-15,27H. The Morgan fingerprint density at radius 3 is 1.74 bits per heavy atom. The van der Waals surface area contributed by atoms with Crippen molar-refractivity contribution in [3.05, 3.63) is 91.3 Å². The van der Waals surface area contributed by atoms with Crippen LogP contribution in [0.3, 0.4) is 0 Å². The summed E-state index contributed by atoms with van der Waals surface area (Å²) < 4.78 is 0. The zero-order chi connectivity index (χ0) is 18.2. The van der Waals surface area contributed by atoms with E-state index in [1.807, 2.05) is 72.8 Å². The summed E-state index contributed by atoms with van der Waals surface area (Å²) >= 11 is 0. The van der Waals surface area contributed by atoms with Crippen molar-refractivity contribution in [3.63, 3.8) is 0 Å². The SMILES string of the molecule is Oc1cccc(-c2cccc3cccnc23)c1-c1cccc2cccnc12. The molecule has 0 fully saturated rings. The molecule has 0 saturated carbocycles. The molecule has 0 atom stereocenters. The fraction of sp³-hybridized carbons (Fsp3) is 0. The Balaban J connectivity index is 1.88. The maximum atomic E-state index is 10.8. The second-order valence-corrected chi connectivity index (χ2v) is 6.46. The average Bonchev–Trinajstić information content (AvgIpc) is 2.73. The molecule has 0 unspecified atom stereocenters. The predicted octanol–water partition coefficient (Wildman–Crippen LogP) is 5.82. The molecule has 0 bridgehead atoms. The van der Waals surface area contributed by atoms with Gasteiger partial charge in [0.05, 0.1) is 11.0 Å². The van der Waals surface area contributed by atoms with Crippen LogP contribution in [0, 0.1) is 0 Å². The highest BCUT2D eigenvalue weighted by molar-refractivity contribution is 6.04. The molecule has 0 spiro atoms. The lowest BCUT2D eigenvalue weighted by Gasteiger charge is -2.15. The number of para-hydroxylation sites is 2. The summed E-state index contributed by atoms with van der Waals surface area (Å²) in [5.74, 6) is 0.235. The van der Waals surface area contributed by atoms with Crippen LogP contribution in [0.15, 0.2) is 91.3 Å². The third-order valence-electron chi connectivity index (χ3n) is 4.87. The third-order valence-corrected chi connectivity index (χ3v) is 4.87. The van der Waals surface area contributed by atoms with Crippen LogP contribution >= 0.6 is 0 Å². The van der Waals surface area contributed by atoms with Gasteiger partial charge in [0.1, 0.15) is 5.75 Å². The van der Waals surface area contributed by atoms with Gasteiger partial charge in [0.2, 0.25) is 0 Å². The quantitative estimate of drug-likeness (QED) is 0.437. The molecule has 3 aromatic carbocycles. The van der Waals surface area contributed by atoms with Gasteiger partial charge in [-0.05, 0) is 23.8 Å². The first-order chi connectivity index (χ1) is 13.3. The molecule has 0 radical (unpaired) electrons. The summed E-state index contributed by atoms with van der Waals surface area (Å²) in [6.07, 6.45) is 3.58. The topological polar surface area (TPSA) is 46.0 Å². The van der Waals surface area contributed by atoms with E-state index in [1.54, 1.807) is 18.5 Å². The minimum Gasteiger partial charge on any atom is -0.507 e. The monoisotopic (exact) mass is 348 g/mol. The number of benzene rings is 3. The predicted molar refractivity (Wildman–Crippen MR) is 110 cm³/mol. The Morgan fingerprint density at radius 2 is 1.04 bits per heavy atom. The van der Waals surface area contributed by atoms with Gasteiger partial charge in [-0.3, -0.25) is 9.97 Å². The summed E-state index contributed by atoms with van der Waals surface area (Å²) in [6.45, 7) is 0. The number of aromatic hydroxyl groups is 1. The Morgan fingerprint density at radius 1 is 0.519 bits per heavy atom. The van der Waals surface area contributed by atoms with Crippen LogP contribution in [0.5, 0.6) is 5.75 Å². The number of hydrogen-bond donors (Lipinski definition) is 1. The average molecular weight is 348 g/mol. The summed E-state index contributed by atoms with van der Waals surface area (Å²) in [5.41, 5.74) is 5.41. The van der Waals surface area contributed by atoms with Crippen LogP contribution in [-0.4, -0.2) is 15.1 Å². The Kier molecular flexibility index (Phi) is 3.58. The van der Waals surface area contributed by atoms with Gasteiger partial charge in [0.25, 0.3) is 0 Å². The molecule has 2 aromatic heterocycles. The van der Waals surface area contributed by atoms with E-state index in [-0.39, 0.29) is 5.75 Å². The fourth-order valence-electron chi connectivity index (χ4n) is 3.68. The number of nitrogens with zero attached hydrogens (tertiary/aromatic N) is 2. The molecule has 0 amide bonds. The molecular formula is C24H16N2O. The van der Waals surface area contributed by atoms with E-state index >= 15 is 0 Å². The maximum absolute atomic E-state index is 10.8.